The van der Waals surface area contributed by atoms with Gasteiger partial charge in [-0.1, -0.05) is 62.4 Å². The lowest BCUT2D eigenvalue weighted by molar-refractivity contribution is -0.127. The molecule has 0 radical (unpaired) electrons. The number of likely N-dealkylation sites (N-methyl/N-ethyl adjacent to an activating group) is 1. The summed E-state index contributed by atoms with van der Waals surface area (Å²) in [6, 6.07) is 21.9. The van der Waals surface area contributed by atoms with Crippen molar-refractivity contribution in [2.75, 3.05) is 37.3 Å². The van der Waals surface area contributed by atoms with Gasteiger partial charge in [0.15, 0.2) is 0 Å². The number of amides is 5. The molecule has 0 fully saturated rings. The summed E-state index contributed by atoms with van der Waals surface area (Å²) in [6.45, 7) is 5.55. The van der Waals surface area contributed by atoms with Crippen molar-refractivity contribution in [2.24, 2.45) is 10.7 Å². The summed E-state index contributed by atoms with van der Waals surface area (Å²) in [4.78, 5) is 75.6. The fourth-order valence-electron chi connectivity index (χ4n) is 6.34. The highest BCUT2D eigenvalue weighted by molar-refractivity contribution is 6.08. The van der Waals surface area contributed by atoms with Crippen LogP contribution in [0.15, 0.2) is 102 Å². The Morgan fingerprint density at radius 1 is 0.847 bits per heavy atom. The molecule has 1 aliphatic heterocycles. The van der Waals surface area contributed by atoms with Gasteiger partial charge in [-0.15, -0.1) is 0 Å². The lowest BCUT2D eigenvalue weighted by atomic mass is 10.0. The first kappa shape index (κ1) is 43.3. The molecule has 4 aromatic rings. The summed E-state index contributed by atoms with van der Waals surface area (Å²) >= 11 is 0. The van der Waals surface area contributed by atoms with E-state index < -0.39 is 23.9 Å². The van der Waals surface area contributed by atoms with E-state index in [1.807, 2.05) is 49.1 Å². The maximum absolute atomic E-state index is 13.5. The third-order valence-electron chi connectivity index (χ3n) is 9.16. The van der Waals surface area contributed by atoms with Gasteiger partial charge in [0.1, 0.15) is 18.5 Å². The molecule has 308 valence electrons. The van der Waals surface area contributed by atoms with Crippen LogP contribution in [0.2, 0.25) is 0 Å². The summed E-state index contributed by atoms with van der Waals surface area (Å²) in [5.41, 5.74) is 11.4. The van der Waals surface area contributed by atoms with E-state index in [1.165, 1.54) is 6.20 Å². The van der Waals surface area contributed by atoms with Gasteiger partial charge in [-0.25, -0.2) is 9.79 Å². The lowest BCUT2D eigenvalue weighted by Crippen LogP contribution is -2.48. The highest BCUT2D eigenvalue weighted by Gasteiger charge is 2.23. The molecule has 1 aromatic heterocycles. The number of nitrogens with two attached hydrogens (primary N) is 1. The number of carbonyl (C=O) groups excluding carboxylic acids is 5. The predicted octanol–water partition coefficient (Wildman–Crippen LogP) is 5.07. The Hall–Kier alpha value is -6.87. The average Bonchev–Trinajstić information content (AvgIpc) is 3.40. The molecule has 0 spiro atoms. The molecule has 59 heavy (non-hydrogen) atoms. The van der Waals surface area contributed by atoms with Crippen molar-refractivity contribution in [2.45, 2.75) is 58.7 Å². The number of nitrogens with zero attached hydrogens (tertiary/aromatic N) is 3. The molecular weight excluding hydrogens is 751 g/mol. The number of hydrogen-bond acceptors (Lipinski definition) is 10. The zero-order valence-corrected chi connectivity index (χ0v) is 33.5. The van der Waals surface area contributed by atoms with Crippen molar-refractivity contribution in [3.05, 3.63) is 125 Å². The summed E-state index contributed by atoms with van der Waals surface area (Å²) in [6.07, 6.45) is 6.17. The molecule has 0 bridgehead atoms. The number of aliphatic imine (C=N–C) groups is 1. The van der Waals surface area contributed by atoms with E-state index in [0.29, 0.717) is 58.0 Å². The van der Waals surface area contributed by atoms with Crippen molar-refractivity contribution >= 4 is 58.7 Å². The Bertz CT molecular complexity index is 2170. The van der Waals surface area contributed by atoms with Crippen LogP contribution in [0.1, 0.15) is 65.7 Å². The van der Waals surface area contributed by atoms with Gasteiger partial charge in [-0.05, 0) is 73.0 Å². The van der Waals surface area contributed by atoms with Gasteiger partial charge in [0, 0.05) is 61.1 Å². The van der Waals surface area contributed by atoms with Crippen molar-refractivity contribution in [3.63, 3.8) is 0 Å². The first-order valence-corrected chi connectivity index (χ1v) is 19.6. The molecule has 0 saturated heterocycles. The molecule has 0 saturated carbocycles. The topological polar surface area (TPSA) is 209 Å². The van der Waals surface area contributed by atoms with Crippen molar-refractivity contribution in [3.8, 4) is 0 Å². The monoisotopic (exact) mass is 801 g/mol. The molecule has 3 aromatic carbocycles. The van der Waals surface area contributed by atoms with E-state index in [0.717, 1.165) is 18.4 Å². The van der Waals surface area contributed by atoms with E-state index in [-0.39, 0.29) is 50.2 Å². The van der Waals surface area contributed by atoms with Crippen molar-refractivity contribution in [1.29, 1.82) is 0 Å². The Morgan fingerprint density at radius 3 is 2.31 bits per heavy atom. The molecule has 5 amide bonds. The molecule has 2 heterocycles. The van der Waals surface area contributed by atoms with Crippen LogP contribution in [0, 0.1) is 0 Å². The molecular formula is C44H51N9O6. The molecule has 1 unspecified atom stereocenters. The summed E-state index contributed by atoms with van der Waals surface area (Å²) in [5.74, 6) is -0.836. The molecule has 5 rings (SSSR count). The SMILES string of the molecule is CCCN(CCC)C(=O)C1=Cc2ccc(C(=O)Nc3cncc(CNC(=O)C(Cc4ccccc4)NC(=O)OCc4ccc(NC(=O)CNC)cc4)c3)cc2N=C(N)C1. The van der Waals surface area contributed by atoms with Gasteiger partial charge < -0.3 is 42.0 Å². The maximum Gasteiger partial charge on any atom is 0.408 e. The average molecular weight is 802 g/mol. The lowest BCUT2D eigenvalue weighted by Gasteiger charge is -2.22. The van der Waals surface area contributed by atoms with E-state index >= 15 is 0 Å². The number of pyridine rings is 1. The molecule has 15 heteroatoms. The molecule has 15 nitrogen and oxygen atoms in total. The number of anilines is 2. The maximum atomic E-state index is 13.5. The Kier molecular flexibility index (Phi) is 15.8. The minimum absolute atomic E-state index is 0.0523. The van der Waals surface area contributed by atoms with Crippen LogP contribution in [0.3, 0.4) is 0 Å². The third-order valence-corrected chi connectivity index (χ3v) is 9.16. The number of aromatic nitrogens is 1. The first-order chi connectivity index (χ1) is 28.5. The normalized spacial score (nSPS) is 12.4. The quantitative estimate of drug-likeness (QED) is 0.0793. The highest BCUT2D eigenvalue weighted by Crippen LogP contribution is 2.29. The van der Waals surface area contributed by atoms with Crippen LogP contribution < -0.4 is 32.3 Å². The van der Waals surface area contributed by atoms with Gasteiger partial charge in [0.25, 0.3) is 5.91 Å². The third kappa shape index (κ3) is 13.1. The highest BCUT2D eigenvalue weighted by atomic mass is 16.5. The number of rotatable bonds is 18. The second-order valence-electron chi connectivity index (χ2n) is 14.0. The number of alkyl carbamates (subject to hydrolysis) is 1. The summed E-state index contributed by atoms with van der Waals surface area (Å²) in [7, 11) is 1.68. The number of fused-ring (bicyclic) bond motifs is 1. The van der Waals surface area contributed by atoms with Crippen LogP contribution >= 0.6 is 0 Å². The van der Waals surface area contributed by atoms with Gasteiger partial charge in [-0.2, -0.15) is 0 Å². The number of ether oxygens (including phenoxy) is 1. The number of benzene rings is 3. The molecule has 1 atom stereocenters. The molecule has 0 aliphatic carbocycles. The minimum atomic E-state index is -0.967. The summed E-state index contributed by atoms with van der Waals surface area (Å²) in [5, 5.41) is 13.9. The fourth-order valence-corrected chi connectivity index (χ4v) is 6.34. The fraction of sp³-hybridized carbons (Fsp3) is 0.295. The van der Waals surface area contributed by atoms with E-state index in [1.54, 1.807) is 67.9 Å². The Balaban J connectivity index is 1.19. The van der Waals surface area contributed by atoms with Crippen LogP contribution in [0.25, 0.3) is 6.08 Å². The van der Waals surface area contributed by atoms with Crippen molar-refractivity contribution in [1.82, 2.24) is 25.8 Å². The van der Waals surface area contributed by atoms with E-state index in [2.05, 4.69) is 36.6 Å². The summed E-state index contributed by atoms with van der Waals surface area (Å²) < 4.78 is 5.43. The van der Waals surface area contributed by atoms with Crippen LogP contribution in [0.5, 0.6) is 0 Å². The minimum Gasteiger partial charge on any atom is -0.445 e. The van der Waals surface area contributed by atoms with Gasteiger partial charge in [-0.3, -0.25) is 24.2 Å². The zero-order chi connectivity index (χ0) is 42.1. The standard InChI is InChI=1S/C44H51N9O6/c1-4-17-53(18-5-2)43(57)34-21-32-13-14-33(22-37(32)51-39(45)23-34)41(55)50-36-19-31(24-47-26-36)25-48-42(56)38(20-29-9-7-6-8-10-29)52-44(58)59-28-30-11-15-35(16-12-30)49-40(54)27-46-3/h6-16,19,21-22,24,26,38,46H,4-5,17-18,20,23,25,27-28H2,1-3H3,(H2,45,51)(H,48,56)(H,49,54)(H,50,55)(H,52,58). The Labute approximate surface area is 343 Å². The van der Waals surface area contributed by atoms with Crippen molar-refractivity contribution < 1.29 is 28.7 Å². The van der Waals surface area contributed by atoms with Crippen LogP contribution in [-0.4, -0.2) is 78.2 Å². The largest absolute Gasteiger partial charge is 0.445 e. The van der Waals surface area contributed by atoms with Crippen LogP contribution in [-0.2, 0) is 38.7 Å². The van der Waals surface area contributed by atoms with Gasteiger partial charge >= 0.3 is 6.09 Å². The zero-order valence-electron chi connectivity index (χ0n) is 33.5. The number of hydrogen-bond donors (Lipinski definition) is 6. The second-order valence-corrected chi connectivity index (χ2v) is 14.0. The number of carbonyl (C=O) groups is 5. The second kappa shape index (κ2) is 21.6. The number of nitrogens with one attached hydrogen (secondary N) is 5. The van der Waals surface area contributed by atoms with E-state index in [9.17, 15) is 24.0 Å². The number of amidine groups is 1. The first-order valence-electron chi connectivity index (χ1n) is 19.6. The van der Waals surface area contributed by atoms with Gasteiger partial charge in [0.2, 0.25) is 17.7 Å². The molecule has 1 aliphatic rings. The molecule has 7 N–H and O–H groups in total. The van der Waals surface area contributed by atoms with Gasteiger partial charge in [0.05, 0.1) is 24.1 Å². The Morgan fingerprint density at radius 2 is 1.59 bits per heavy atom. The van der Waals surface area contributed by atoms with Crippen LogP contribution in [0.4, 0.5) is 21.9 Å². The smallest absolute Gasteiger partial charge is 0.408 e. The van der Waals surface area contributed by atoms with E-state index in [4.69, 9.17) is 10.5 Å². The predicted molar refractivity (Wildman–Crippen MR) is 228 cm³/mol.